The highest BCUT2D eigenvalue weighted by atomic mass is 32.2. The zero-order valence-corrected chi connectivity index (χ0v) is 17.0. The Morgan fingerprint density at radius 3 is 2.41 bits per heavy atom. The summed E-state index contributed by atoms with van der Waals surface area (Å²) in [6.07, 6.45) is 6.57. The van der Waals surface area contributed by atoms with Gasteiger partial charge in [-0.2, -0.15) is 4.31 Å². The Labute approximate surface area is 160 Å². The molecule has 3 rings (SSSR count). The van der Waals surface area contributed by atoms with Crippen LogP contribution in [0.1, 0.15) is 37.1 Å². The molecule has 1 aromatic heterocycles. The number of nitrogens with zero attached hydrogens (tertiary/aromatic N) is 4. The number of carbonyl (C=O) groups excluding carboxylic acids is 1. The summed E-state index contributed by atoms with van der Waals surface area (Å²) in [5, 5.41) is 3.84. The minimum Gasteiger partial charge on any atom is -0.383 e. The molecule has 1 aromatic rings. The van der Waals surface area contributed by atoms with Crippen LogP contribution in [0.2, 0.25) is 0 Å². The van der Waals surface area contributed by atoms with E-state index in [1.807, 2.05) is 19.0 Å². The quantitative estimate of drug-likeness (QED) is 0.750. The van der Waals surface area contributed by atoms with Crippen LogP contribution in [0.15, 0.2) is 15.6 Å². The monoisotopic (exact) mass is 396 g/mol. The molecular formula is C18H28N4O4S. The van der Waals surface area contributed by atoms with E-state index in [1.54, 1.807) is 24.1 Å². The molecule has 150 valence electrons. The lowest BCUT2D eigenvalue weighted by atomic mass is 9.97. The highest BCUT2D eigenvalue weighted by Gasteiger charge is 2.37. The molecule has 2 saturated heterocycles. The van der Waals surface area contributed by atoms with E-state index in [1.165, 1.54) is 4.31 Å². The summed E-state index contributed by atoms with van der Waals surface area (Å²) in [5.41, 5.74) is 0.351. The van der Waals surface area contributed by atoms with E-state index in [-0.39, 0.29) is 22.5 Å². The Morgan fingerprint density at radius 2 is 1.81 bits per heavy atom. The number of hydrogen-bond acceptors (Lipinski definition) is 6. The van der Waals surface area contributed by atoms with Crippen LogP contribution in [0, 0.1) is 12.8 Å². The first kappa shape index (κ1) is 19.9. The van der Waals surface area contributed by atoms with Crippen molar-refractivity contribution < 1.29 is 17.7 Å². The van der Waals surface area contributed by atoms with Gasteiger partial charge in [0.05, 0.1) is 0 Å². The fourth-order valence-corrected chi connectivity index (χ4v) is 5.40. The summed E-state index contributed by atoms with van der Waals surface area (Å²) in [7, 11) is -0.0270. The summed E-state index contributed by atoms with van der Waals surface area (Å²) in [6, 6.07) is 0. The van der Waals surface area contributed by atoms with Crippen molar-refractivity contribution in [3.05, 3.63) is 17.7 Å². The molecule has 0 saturated carbocycles. The molecule has 8 nitrogen and oxygen atoms in total. The molecule has 2 fully saturated rings. The van der Waals surface area contributed by atoms with Gasteiger partial charge in [0.1, 0.15) is 5.69 Å². The molecule has 0 aliphatic carbocycles. The van der Waals surface area contributed by atoms with Gasteiger partial charge >= 0.3 is 0 Å². The van der Waals surface area contributed by atoms with Crippen LogP contribution in [0.25, 0.3) is 6.08 Å². The molecular weight excluding hydrogens is 368 g/mol. The number of rotatable bonds is 5. The molecule has 0 atom stereocenters. The standard InChI is InChI=1S/C18H28N4O4S/c1-14-17(16(26-19-14)8-11-20(2)3)27(24,25)22-12-6-15(7-13-22)18(23)21-9-4-5-10-21/h8,11,15H,4-7,9-10,12-13H2,1-3H3/b11-8+. The van der Waals surface area contributed by atoms with Gasteiger partial charge in [0.15, 0.2) is 10.7 Å². The van der Waals surface area contributed by atoms with Crippen LogP contribution >= 0.6 is 0 Å². The van der Waals surface area contributed by atoms with Crippen LogP contribution in [0.4, 0.5) is 0 Å². The first-order chi connectivity index (χ1) is 12.8. The van der Waals surface area contributed by atoms with Crippen molar-refractivity contribution in [2.45, 2.75) is 37.5 Å². The maximum atomic E-state index is 13.2. The van der Waals surface area contributed by atoms with Gasteiger partial charge in [-0.1, -0.05) is 5.16 Å². The van der Waals surface area contributed by atoms with Crippen LogP contribution in [0.5, 0.6) is 0 Å². The van der Waals surface area contributed by atoms with Gasteiger partial charge in [0.25, 0.3) is 0 Å². The second-order valence-electron chi connectivity index (χ2n) is 7.45. The smallest absolute Gasteiger partial charge is 0.248 e. The minimum absolute atomic E-state index is 0.0776. The molecule has 1 amide bonds. The van der Waals surface area contributed by atoms with Crippen LogP contribution in [0.3, 0.4) is 0 Å². The Kier molecular flexibility index (Phi) is 5.90. The second-order valence-corrected chi connectivity index (χ2v) is 9.33. The largest absolute Gasteiger partial charge is 0.383 e. The lowest BCUT2D eigenvalue weighted by molar-refractivity contribution is -0.135. The SMILES string of the molecule is Cc1noc(/C=C/N(C)C)c1S(=O)(=O)N1CCC(C(=O)N2CCCC2)CC1. The number of amides is 1. The van der Waals surface area contributed by atoms with Crippen LogP contribution in [-0.2, 0) is 14.8 Å². The van der Waals surface area contributed by atoms with E-state index in [0.29, 0.717) is 31.6 Å². The summed E-state index contributed by atoms with van der Waals surface area (Å²) in [6.45, 7) is 3.98. The van der Waals surface area contributed by atoms with Gasteiger partial charge in [-0.3, -0.25) is 4.79 Å². The van der Waals surface area contributed by atoms with Gasteiger partial charge in [-0.15, -0.1) is 0 Å². The van der Waals surface area contributed by atoms with Crippen LogP contribution < -0.4 is 0 Å². The van der Waals surface area contributed by atoms with Crippen molar-refractivity contribution >= 4 is 22.0 Å². The molecule has 9 heteroatoms. The molecule has 0 aromatic carbocycles. The predicted molar refractivity (Wildman–Crippen MR) is 101 cm³/mol. The Balaban J connectivity index is 1.72. The number of likely N-dealkylation sites (tertiary alicyclic amines) is 1. The highest BCUT2D eigenvalue weighted by molar-refractivity contribution is 7.89. The van der Waals surface area contributed by atoms with E-state index in [2.05, 4.69) is 5.16 Å². The first-order valence-electron chi connectivity index (χ1n) is 9.40. The normalized spacial score (nSPS) is 19.9. The van der Waals surface area contributed by atoms with E-state index >= 15 is 0 Å². The molecule has 2 aliphatic rings. The number of hydrogen-bond donors (Lipinski definition) is 0. The molecule has 27 heavy (non-hydrogen) atoms. The highest BCUT2D eigenvalue weighted by Crippen LogP contribution is 2.29. The third kappa shape index (κ3) is 4.19. The first-order valence-corrected chi connectivity index (χ1v) is 10.8. The molecule has 3 heterocycles. The Hall–Kier alpha value is -1.87. The zero-order chi connectivity index (χ0) is 19.6. The Bertz CT molecular complexity index is 801. The fourth-order valence-electron chi connectivity index (χ4n) is 3.68. The van der Waals surface area contributed by atoms with Crippen molar-refractivity contribution in [3.8, 4) is 0 Å². The van der Waals surface area contributed by atoms with Crippen molar-refractivity contribution in [2.24, 2.45) is 5.92 Å². The van der Waals surface area contributed by atoms with Gasteiger partial charge in [0, 0.05) is 58.5 Å². The fraction of sp³-hybridized carbons (Fsp3) is 0.667. The van der Waals surface area contributed by atoms with E-state index in [0.717, 1.165) is 25.9 Å². The van der Waals surface area contributed by atoms with Gasteiger partial charge in [-0.05, 0) is 32.6 Å². The van der Waals surface area contributed by atoms with E-state index in [9.17, 15) is 13.2 Å². The molecule has 0 spiro atoms. The number of aryl methyl sites for hydroxylation is 1. The number of piperidine rings is 1. The summed E-state index contributed by atoms with van der Waals surface area (Å²) in [4.78, 5) is 16.4. The lowest BCUT2D eigenvalue weighted by Gasteiger charge is -2.32. The van der Waals surface area contributed by atoms with Gasteiger partial charge < -0.3 is 14.3 Å². The molecule has 0 radical (unpaired) electrons. The number of sulfonamides is 1. The topological polar surface area (TPSA) is 87.0 Å². The van der Waals surface area contributed by atoms with Crippen molar-refractivity contribution in [2.75, 3.05) is 40.3 Å². The van der Waals surface area contributed by atoms with E-state index < -0.39 is 10.0 Å². The molecule has 0 N–H and O–H groups in total. The molecule has 2 aliphatic heterocycles. The lowest BCUT2D eigenvalue weighted by Crippen LogP contribution is -2.43. The van der Waals surface area contributed by atoms with Crippen LogP contribution in [-0.4, -0.2) is 73.9 Å². The van der Waals surface area contributed by atoms with Crippen molar-refractivity contribution in [1.82, 2.24) is 19.3 Å². The maximum Gasteiger partial charge on any atom is 0.248 e. The third-order valence-corrected chi connectivity index (χ3v) is 7.23. The average Bonchev–Trinajstić information content (AvgIpc) is 3.29. The predicted octanol–water partition coefficient (Wildman–Crippen LogP) is 1.54. The molecule has 0 bridgehead atoms. The van der Waals surface area contributed by atoms with Crippen molar-refractivity contribution in [1.29, 1.82) is 0 Å². The summed E-state index contributed by atoms with van der Waals surface area (Å²) >= 11 is 0. The zero-order valence-electron chi connectivity index (χ0n) is 16.2. The maximum absolute atomic E-state index is 13.2. The van der Waals surface area contributed by atoms with Gasteiger partial charge in [0.2, 0.25) is 15.9 Å². The van der Waals surface area contributed by atoms with Crippen molar-refractivity contribution in [3.63, 3.8) is 0 Å². The van der Waals surface area contributed by atoms with Gasteiger partial charge in [-0.25, -0.2) is 8.42 Å². The molecule has 0 unspecified atom stereocenters. The number of carbonyl (C=O) groups is 1. The van der Waals surface area contributed by atoms with E-state index in [4.69, 9.17) is 4.52 Å². The number of aromatic nitrogens is 1. The average molecular weight is 397 g/mol. The second kappa shape index (κ2) is 8.02. The Morgan fingerprint density at radius 1 is 1.19 bits per heavy atom. The summed E-state index contributed by atoms with van der Waals surface area (Å²) < 4.78 is 33.0. The minimum atomic E-state index is -3.71. The summed E-state index contributed by atoms with van der Waals surface area (Å²) in [5.74, 6) is 0.336. The third-order valence-electron chi connectivity index (χ3n) is 5.18.